The van der Waals surface area contributed by atoms with Crippen LogP contribution in [0.3, 0.4) is 0 Å². The topological polar surface area (TPSA) is 15.3 Å². The van der Waals surface area contributed by atoms with Crippen LogP contribution >= 0.6 is 0 Å². The molecule has 1 fully saturated rings. The monoisotopic (exact) mass is 246 g/mol. The van der Waals surface area contributed by atoms with E-state index in [-0.39, 0.29) is 0 Å². The largest absolute Gasteiger partial charge is 0.309 e. The Morgan fingerprint density at radius 1 is 1.39 bits per heavy atom. The number of likely N-dealkylation sites (N-methyl/N-ethyl adjacent to an activating group) is 1. The molecule has 2 heteroatoms. The lowest BCUT2D eigenvalue weighted by atomic mass is 10.0. The number of nitrogens with zero attached hydrogens (tertiary/aromatic N) is 1. The smallest absolute Gasteiger partial charge is 0.0292 e. The van der Waals surface area contributed by atoms with E-state index in [2.05, 4.69) is 55.4 Å². The molecule has 1 heterocycles. The molecular formula is C16H26N2. The van der Waals surface area contributed by atoms with E-state index in [0.29, 0.717) is 12.1 Å². The molecule has 0 spiro atoms. The Bertz CT molecular complexity index is 375. The van der Waals surface area contributed by atoms with Crippen molar-refractivity contribution in [3.8, 4) is 0 Å². The maximum Gasteiger partial charge on any atom is 0.0292 e. The lowest BCUT2D eigenvalue weighted by Crippen LogP contribution is -2.43. The second-order valence-corrected chi connectivity index (χ2v) is 5.67. The molecule has 100 valence electrons. The molecule has 1 aliphatic rings. The van der Waals surface area contributed by atoms with E-state index in [1.165, 1.54) is 36.9 Å². The fourth-order valence-corrected chi connectivity index (χ4v) is 2.77. The minimum atomic E-state index is 0.445. The summed E-state index contributed by atoms with van der Waals surface area (Å²) in [4.78, 5) is 2.50. The Hall–Kier alpha value is -0.860. The summed E-state index contributed by atoms with van der Waals surface area (Å²) in [5, 5.41) is 3.68. The predicted octanol–water partition coefficient (Wildman–Crippen LogP) is 3.13. The van der Waals surface area contributed by atoms with Gasteiger partial charge in [0, 0.05) is 18.6 Å². The van der Waals surface area contributed by atoms with Gasteiger partial charge in [-0.3, -0.25) is 0 Å². The number of nitrogens with one attached hydrogen (secondary N) is 1. The Labute approximate surface area is 111 Å². The molecule has 1 unspecified atom stereocenters. The van der Waals surface area contributed by atoms with Crippen LogP contribution in [0.4, 0.5) is 0 Å². The third-order valence-electron chi connectivity index (χ3n) is 4.12. The molecule has 1 aromatic rings. The second kappa shape index (κ2) is 6.35. The summed E-state index contributed by atoms with van der Waals surface area (Å²) in [5.41, 5.74) is 2.74. The highest BCUT2D eigenvalue weighted by Crippen LogP contribution is 2.17. The third-order valence-corrected chi connectivity index (χ3v) is 4.12. The van der Waals surface area contributed by atoms with Crippen molar-refractivity contribution < 1.29 is 0 Å². The zero-order chi connectivity index (χ0) is 13.0. The third kappa shape index (κ3) is 3.56. The number of piperidine rings is 1. The average molecular weight is 246 g/mol. The number of hydrogen-bond donors (Lipinski definition) is 1. The van der Waals surface area contributed by atoms with E-state index in [9.17, 15) is 0 Å². The van der Waals surface area contributed by atoms with Gasteiger partial charge >= 0.3 is 0 Å². The Morgan fingerprint density at radius 2 is 2.22 bits per heavy atom. The number of likely N-dealkylation sites (tertiary alicyclic amines) is 1. The van der Waals surface area contributed by atoms with Gasteiger partial charge in [0.15, 0.2) is 0 Å². The number of benzene rings is 1. The van der Waals surface area contributed by atoms with Crippen LogP contribution in [0.2, 0.25) is 0 Å². The number of aryl methyl sites for hydroxylation is 1. The van der Waals surface area contributed by atoms with Gasteiger partial charge in [-0.2, -0.15) is 0 Å². The highest BCUT2D eigenvalue weighted by molar-refractivity contribution is 5.24. The van der Waals surface area contributed by atoms with Crippen LogP contribution in [-0.4, -0.2) is 31.1 Å². The minimum Gasteiger partial charge on any atom is -0.309 e. The Kier molecular flexibility index (Phi) is 4.79. The quantitative estimate of drug-likeness (QED) is 0.878. The molecule has 1 aromatic carbocycles. The van der Waals surface area contributed by atoms with Gasteiger partial charge in [-0.05, 0) is 45.8 Å². The van der Waals surface area contributed by atoms with Crippen LogP contribution < -0.4 is 5.32 Å². The molecule has 0 aromatic heterocycles. The SMILES string of the molecule is Cc1cccc([C@H](C)NCC2CCCCN2C)c1. The maximum absolute atomic E-state index is 3.68. The van der Waals surface area contributed by atoms with Crippen molar-refractivity contribution in [3.05, 3.63) is 35.4 Å². The van der Waals surface area contributed by atoms with E-state index in [4.69, 9.17) is 0 Å². The molecular weight excluding hydrogens is 220 g/mol. The molecule has 0 saturated carbocycles. The summed E-state index contributed by atoms with van der Waals surface area (Å²) < 4.78 is 0. The molecule has 0 bridgehead atoms. The molecule has 2 atom stereocenters. The van der Waals surface area contributed by atoms with E-state index in [0.717, 1.165) is 6.54 Å². The first-order valence-electron chi connectivity index (χ1n) is 7.17. The average Bonchev–Trinajstić information content (AvgIpc) is 2.37. The summed E-state index contributed by atoms with van der Waals surface area (Å²) in [6.45, 7) is 6.78. The van der Waals surface area contributed by atoms with E-state index < -0.39 is 0 Å². The van der Waals surface area contributed by atoms with E-state index in [1.54, 1.807) is 0 Å². The van der Waals surface area contributed by atoms with Crippen molar-refractivity contribution in [3.63, 3.8) is 0 Å². The molecule has 1 aliphatic heterocycles. The van der Waals surface area contributed by atoms with Crippen molar-refractivity contribution in [1.29, 1.82) is 0 Å². The molecule has 2 nitrogen and oxygen atoms in total. The summed E-state index contributed by atoms with van der Waals surface area (Å²) in [7, 11) is 2.25. The second-order valence-electron chi connectivity index (χ2n) is 5.67. The maximum atomic E-state index is 3.68. The van der Waals surface area contributed by atoms with Gasteiger partial charge in [0.1, 0.15) is 0 Å². The lowest BCUT2D eigenvalue weighted by molar-refractivity contribution is 0.178. The van der Waals surface area contributed by atoms with Crippen molar-refractivity contribution in [2.75, 3.05) is 20.1 Å². The first-order chi connectivity index (χ1) is 8.66. The van der Waals surface area contributed by atoms with Crippen molar-refractivity contribution in [2.24, 2.45) is 0 Å². The van der Waals surface area contributed by atoms with Crippen molar-refractivity contribution in [2.45, 2.75) is 45.2 Å². The van der Waals surface area contributed by atoms with Crippen LogP contribution in [0.25, 0.3) is 0 Å². The van der Waals surface area contributed by atoms with Gasteiger partial charge in [-0.25, -0.2) is 0 Å². The summed E-state index contributed by atoms with van der Waals surface area (Å²) in [6, 6.07) is 9.96. The minimum absolute atomic E-state index is 0.445. The van der Waals surface area contributed by atoms with Gasteiger partial charge in [-0.15, -0.1) is 0 Å². The van der Waals surface area contributed by atoms with E-state index >= 15 is 0 Å². The van der Waals surface area contributed by atoms with Crippen LogP contribution in [-0.2, 0) is 0 Å². The first kappa shape index (κ1) is 13.6. The normalized spacial score (nSPS) is 22.9. The van der Waals surface area contributed by atoms with Crippen LogP contribution in [0.5, 0.6) is 0 Å². The van der Waals surface area contributed by atoms with Gasteiger partial charge in [0.25, 0.3) is 0 Å². The summed E-state index contributed by atoms with van der Waals surface area (Å²) >= 11 is 0. The summed E-state index contributed by atoms with van der Waals surface area (Å²) in [5.74, 6) is 0. The Morgan fingerprint density at radius 3 is 2.94 bits per heavy atom. The lowest BCUT2D eigenvalue weighted by Gasteiger charge is -2.33. The number of rotatable bonds is 4. The van der Waals surface area contributed by atoms with Gasteiger partial charge in [0.05, 0.1) is 0 Å². The van der Waals surface area contributed by atoms with Crippen molar-refractivity contribution >= 4 is 0 Å². The highest BCUT2D eigenvalue weighted by Gasteiger charge is 2.19. The predicted molar refractivity (Wildman–Crippen MR) is 77.9 cm³/mol. The molecule has 1 saturated heterocycles. The van der Waals surface area contributed by atoms with E-state index in [1.807, 2.05) is 0 Å². The molecule has 18 heavy (non-hydrogen) atoms. The molecule has 0 radical (unpaired) electrons. The first-order valence-corrected chi connectivity index (χ1v) is 7.17. The van der Waals surface area contributed by atoms with Crippen LogP contribution in [0, 0.1) is 6.92 Å². The van der Waals surface area contributed by atoms with Crippen LogP contribution in [0.15, 0.2) is 24.3 Å². The zero-order valence-electron chi connectivity index (χ0n) is 11.9. The fraction of sp³-hybridized carbons (Fsp3) is 0.625. The zero-order valence-corrected chi connectivity index (χ0v) is 11.9. The molecule has 1 N–H and O–H groups in total. The molecule has 0 amide bonds. The fourth-order valence-electron chi connectivity index (χ4n) is 2.77. The van der Waals surface area contributed by atoms with Crippen molar-refractivity contribution in [1.82, 2.24) is 10.2 Å². The Balaban J connectivity index is 1.86. The van der Waals surface area contributed by atoms with Crippen LogP contribution in [0.1, 0.15) is 43.4 Å². The highest BCUT2D eigenvalue weighted by atomic mass is 15.2. The van der Waals surface area contributed by atoms with Gasteiger partial charge in [-0.1, -0.05) is 36.2 Å². The van der Waals surface area contributed by atoms with Gasteiger partial charge < -0.3 is 10.2 Å². The summed E-state index contributed by atoms with van der Waals surface area (Å²) in [6.07, 6.45) is 4.08. The molecule has 2 rings (SSSR count). The number of hydrogen-bond acceptors (Lipinski definition) is 2. The van der Waals surface area contributed by atoms with Gasteiger partial charge in [0.2, 0.25) is 0 Å². The standard InChI is InChI=1S/C16H26N2/c1-13-7-6-8-15(11-13)14(2)17-12-16-9-4-5-10-18(16)3/h6-8,11,14,16-17H,4-5,9-10,12H2,1-3H3/t14-,16?/m0/s1. The molecule has 0 aliphatic carbocycles.